The van der Waals surface area contributed by atoms with Crippen molar-refractivity contribution in [3.05, 3.63) is 36.2 Å². The van der Waals surface area contributed by atoms with Gasteiger partial charge in [0.2, 0.25) is 10.4 Å². The molecule has 0 N–H and O–H groups in total. The van der Waals surface area contributed by atoms with Crippen LogP contribution in [0.15, 0.2) is 30.6 Å². The van der Waals surface area contributed by atoms with Crippen molar-refractivity contribution < 1.29 is 51.6 Å². The SMILES string of the molecule is O=C1N2CC(c3ccncc3)=CC(C2)N1OS(=O)(=O)[O-].[Na+]. The topological polar surface area (TPSA) is 103 Å². The number of urea groups is 1. The van der Waals surface area contributed by atoms with Crippen molar-refractivity contribution in [1.82, 2.24) is 14.9 Å². The number of aromatic nitrogens is 1. The number of amides is 2. The molecule has 106 valence electrons. The molecule has 0 saturated carbocycles. The van der Waals surface area contributed by atoms with Crippen LogP contribution in [0.1, 0.15) is 5.56 Å². The fraction of sp³-hybridized carbons (Fsp3) is 0.273. The first kappa shape index (κ1) is 16.4. The van der Waals surface area contributed by atoms with Crippen LogP contribution in [-0.2, 0) is 14.7 Å². The van der Waals surface area contributed by atoms with Crippen LogP contribution in [0.5, 0.6) is 0 Å². The summed E-state index contributed by atoms with van der Waals surface area (Å²) < 4.78 is 36.2. The minimum absolute atomic E-state index is 0. The first-order valence-electron chi connectivity index (χ1n) is 5.79. The van der Waals surface area contributed by atoms with Crippen molar-refractivity contribution in [2.75, 3.05) is 13.1 Å². The van der Waals surface area contributed by atoms with Gasteiger partial charge in [0.15, 0.2) is 0 Å². The molecule has 1 atom stereocenters. The van der Waals surface area contributed by atoms with Crippen LogP contribution in [0.2, 0.25) is 0 Å². The number of hydrogen-bond acceptors (Lipinski definition) is 6. The molecule has 1 saturated heterocycles. The Morgan fingerprint density at radius 3 is 2.62 bits per heavy atom. The summed E-state index contributed by atoms with van der Waals surface area (Å²) in [6.45, 7) is 0.626. The molecule has 21 heavy (non-hydrogen) atoms. The van der Waals surface area contributed by atoms with Gasteiger partial charge in [-0.2, -0.15) is 9.35 Å². The van der Waals surface area contributed by atoms with E-state index in [0.717, 1.165) is 11.1 Å². The van der Waals surface area contributed by atoms with Gasteiger partial charge >= 0.3 is 35.6 Å². The monoisotopic (exact) mass is 319 g/mol. The maximum absolute atomic E-state index is 11.9. The van der Waals surface area contributed by atoms with Gasteiger partial charge in [-0.3, -0.25) is 4.98 Å². The molecule has 2 amide bonds. The number of rotatable bonds is 3. The van der Waals surface area contributed by atoms with Gasteiger partial charge < -0.3 is 9.45 Å². The average Bonchev–Trinajstić information content (AvgIpc) is 2.62. The summed E-state index contributed by atoms with van der Waals surface area (Å²) in [6.07, 6.45) is 4.97. The Kier molecular flexibility index (Phi) is 4.71. The smallest absolute Gasteiger partial charge is 0.724 e. The van der Waals surface area contributed by atoms with Crippen LogP contribution in [0.3, 0.4) is 0 Å². The van der Waals surface area contributed by atoms with Crippen LogP contribution in [0, 0.1) is 0 Å². The van der Waals surface area contributed by atoms with E-state index in [2.05, 4.69) is 9.27 Å². The van der Waals surface area contributed by atoms with Crippen LogP contribution in [0.4, 0.5) is 4.79 Å². The summed E-state index contributed by atoms with van der Waals surface area (Å²) >= 11 is 0. The van der Waals surface area contributed by atoms with Crippen molar-refractivity contribution >= 4 is 22.0 Å². The number of hydrogen-bond donors (Lipinski definition) is 0. The second-order valence-corrected chi connectivity index (χ2v) is 5.43. The summed E-state index contributed by atoms with van der Waals surface area (Å²) in [5, 5.41) is 0.608. The minimum Gasteiger partial charge on any atom is -0.724 e. The largest absolute Gasteiger partial charge is 1.00 e. The van der Waals surface area contributed by atoms with E-state index in [9.17, 15) is 17.8 Å². The first-order valence-corrected chi connectivity index (χ1v) is 7.12. The van der Waals surface area contributed by atoms with Crippen LogP contribution >= 0.6 is 0 Å². The van der Waals surface area contributed by atoms with Crippen molar-refractivity contribution in [2.45, 2.75) is 6.04 Å². The van der Waals surface area contributed by atoms with E-state index in [-0.39, 0.29) is 29.6 Å². The molecule has 1 fully saturated rings. The van der Waals surface area contributed by atoms with Crippen LogP contribution < -0.4 is 29.6 Å². The van der Waals surface area contributed by atoms with Crippen LogP contribution in [0.25, 0.3) is 5.57 Å². The minimum atomic E-state index is -4.97. The maximum Gasteiger partial charge on any atom is 1.00 e. The third-order valence-corrected chi connectivity index (χ3v) is 3.49. The van der Waals surface area contributed by atoms with E-state index < -0.39 is 22.5 Å². The fourth-order valence-electron chi connectivity index (χ4n) is 2.34. The number of fused-ring (bicyclic) bond motifs is 2. The van der Waals surface area contributed by atoms with E-state index >= 15 is 0 Å². The molecule has 3 heterocycles. The number of carbonyl (C=O) groups is 1. The molecule has 1 aromatic rings. The standard InChI is InChI=1S/C11H11N3O5S.Na/c15-11-13-6-9(8-1-3-12-4-2-8)5-10(7-13)14(11)19-20(16,17)18;/h1-5,10H,6-7H2,(H,16,17,18);/q;+1/p-1. The van der Waals surface area contributed by atoms with Gasteiger partial charge in [0.25, 0.3) is 0 Å². The van der Waals surface area contributed by atoms with Crippen LogP contribution in [-0.4, -0.2) is 53.1 Å². The van der Waals surface area contributed by atoms with Crippen molar-refractivity contribution in [2.24, 2.45) is 0 Å². The van der Waals surface area contributed by atoms with E-state index in [0.29, 0.717) is 18.2 Å². The molecule has 2 bridgehead atoms. The molecule has 0 aromatic carbocycles. The van der Waals surface area contributed by atoms with Gasteiger partial charge in [-0.15, -0.1) is 0 Å². The average molecular weight is 319 g/mol. The molecule has 0 aliphatic carbocycles. The zero-order valence-corrected chi connectivity index (χ0v) is 14.0. The molecular formula is C11H10N3NaO5S. The zero-order chi connectivity index (χ0) is 14.3. The Morgan fingerprint density at radius 1 is 1.33 bits per heavy atom. The summed E-state index contributed by atoms with van der Waals surface area (Å²) in [6, 6.07) is 2.35. The molecule has 1 aromatic heterocycles. The predicted octanol–water partition coefficient (Wildman–Crippen LogP) is -3.02. The Morgan fingerprint density at radius 2 is 2.00 bits per heavy atom. The summed E-state index contributed by atoms with van der Waals surface area (Å²) in [5.41, 5.74) is 1.74. The number of carbonyl (C=O) groups excluding carboxylic acids is 1. The number of hydroxylamine groups is 2. The molecule has 2 aliphatic heterocycles. The Bertz CT molecular complexity index is 678. The van der Waals surface area contributed by atoms with Crippen molar-refractivity contribution in [1.29, 1.82) is 0 Å². The second kappa shape index (κ2) is 6.03. The maximum atomic E-state index is 11.9. The zero-order valence-electron chi connectivity index (χ0n) is 11.2. The first-order chi connectivity index (χ1) is 9.44. The normalized spacial score (nSPS) is 21.1. The predicted molar refractivity (Wildman–Crippen MR) is 65.6 cm³/mol. The molecule has 10 heteroatoms. The van der Waals surface area contributed by atoms with Gasteiger partial charge in [-0.1, -0.05) is 6.08 Å². The molecule has 3 rings (SSSR count). The van der Waals surface area contributed by atoms with Crippen molar-refractivity contribution in [3.8, 4) is 0 Å². The Labute approximate surface area is 143 Å². The fourth-order valence-corrected chi connectivity index (χ4v) is 2.71. The van der Waals surface area contributed by atoms with Gasteiger partial charge in [0.1, 0.15) is 0 Å². The van der Waals surface area contributed by atoms with E-state index in [1.807, 2.05) is 0 Å². The second-order valence-electron chi connectivity index (χ2n) is 4.47. The summed E-state index contributed by atoms with van der Waals surface area (Å²) in [4.78, 5) is 17.3. The third-order valence-electron chi connectivity index (χ3n) is 3.15. The van der Waals surface area contributed by atoms with Gasteiger partial charge in [-0.05, 0) is 23.3 Å². The molecule has 8 nitrogen and oxygen atoms in total. The Hall–Kier alpha value is -0.970. The number of nitrogens with zero attached hydrogens (tertiary/aromatic N) is 3. The van der Waals surface area contributed by atoms with Gasteiger partial charge in [0, 0.05) is 25.5 Å². The Balaban J connectivity index is 0.00000161. The van der Waals surface area contributed by atoms with E-state index in [4.69, 9.17) is 0 Å². The quantitative estimate of drug-likeness (QED) is 0.334. The van der Waals surface area contributed by atoms with Gasteiger partial charge in [0.05, 0.1) is 6.04 Å². The van der Waals surface area contributed by atoms with E-state index in [1.165, 1.54) is 4.90 Å². The molecular weight excluding hydrogens is 309 g/mol. The van der Waals surface area contributed by atoms with Crippen molar-refractivity contribution in [3.63, 3.8) is 0 Å². The third kappa shape index (κ3) is 3.44. The molecule has 2 aliphatic rings. The van der Waals surface area contributed by atoms with E-state index in [1.54, 1.807) is 30.6 Å². The van der Waals surface area contributed by atoms with Gasteiger partial charge in [-0.25, -0.2) is 13.2 Å². The molecule has 0 radical (unpaired) electrons. The summed E-state index contributed by atoms with van der Waals surface area (Å²) in [5.74, 6) is 0. The number of pyridine rings is 1. The molecule has 0 spiro atoms. The molecule has 1 unspecified atom stereocenters. The summed E-state index contributed by atoms with van der Waals surface area (Å²) in [7, 11) is -4.97.